The first-order valence-electron chi connectivity index (χ1n) is 5.17. The fourth-order valence-corrected chi connectivity index (χ4v) is 1.27. The molecule has 0 saturated carbocycles. The maximum absolute atomic E-state index is 13.5. The van der Waals surface area contributed by atoms with Crippen molar-refractivity contribution in [3.63, 3.8) is 0 Å². The summed E-state index contributed by atoms with van der Waals surface area (Å²) in [5.74, 6) is -0.672. The second-order valence-electron chi connectivity index (χ2n) is 4.36. The quantitative estimate of drug-likeness (QED) is 0.859. The first-order chi connectivity index (χ1) is 8.34. The zero-order valence-corrected chi connectivity index (χ0v) is 10.0. The summed E-state index contributed by atoms with van der Waals surface area (Å²) in [5.41, 5.74) is -0.644. The zero-order valence-electron chi connectivity index (χ0n) is 10.0. The van der Waals surface area contributed by atoms with Crippen LogP contribution in [0, 0.1) is 17.1 Å². The second-order valence-corrected chi connectivity index (χ2v) is 4.36. The number of halogens is 1. The van der Waals surface area contributed by atoms with Crippen LogP contribution in [0.4, 0.5) is 9.18 Å². The van der Waals surface area contributed by atoms with Crippen molar-refractivity contribution in [1.82, 2.24) is 5.32 Å². The van der Waals surface area contributed by atoms with Gasteiger partial charge < -0.3 is 15.2 Å². The van der Waals surface area contributed by atoms with Gasteiger partial charge in [-0.05, 0) is 32.0 Å². The number of hydrogen-bond donors (Lipinski definition) is 2. The molecule has 1 aromatic carbocycles. The Balaban J connectivity index is 2.69. The lowest BCUT2D eigenvalue weighted by atomic mass is 10.1. The summed E-state index contributed by atoms with van der Waals surface area (Å²) in [4.78, 5) is 10.5. The Morgan fingerprint density at radius 1 is 1.61 bits per heavy atom. The maximum atomic E-state index is 13.5. The van der Waals surface area contributed by atoms with Gasteiger partial charge in [0.1, 0.15) is 6.61 Å². The average molecular weight is 252 g/mol. The van der Waals surface area contributed by atoms with Crippen LogP contribution in [-0.2, 0) is 0 Å². The van der Waals surface area contributed by atoms with Crippen LogP contribution in [0.3, 0.4) is 0 Å². The predicted octanol–water partition coefficient (Wildman–Crippen LogP) is 2.12. The molecule has 0 saturated heterocycles. The number of benzene rings is 1. The summed E-state index contributed by atoms with van der Waals surface area (Å²) < 4.78 is 18.7. The number of carbonyl (C=O) groups is 1. The molecule has 0 spiro atoms. The Labute approximate surface area is 104 Å². The second kappa shape index (κ2) is 5.36. The minimum atomic E-state index is -1.18. The highest BCUT2D eigenvalue weighted by Gasteiger charge is 2.21. The summed E-state index contributed by atoms with van der Waals surface area (Å²) >= 11 is 0. The number of carboxylic acid groups (broad SMARTS) is 1. The lowest BCUT2D eigenvalue weighted by molar-refractivity contribution is 0.160. The molecular formula is C12H13FN2O3. The van der Waals surface area contributed by atoms with Crippen LogP contribution in [0.15, 0.2) is 18.2 Å². The molecule has 0 heterocycles. The number of rotatable bonds is 4. The van der Waals surface area contributed by atoms with Crippen molar-refractivity contribution in [2.24, 2.45) is 0 Å². The van der Waals surface area contributed by atoms with Crippen LogP contribution in [-0.4, -0.2) is 23.3 Å². The number of hydrogen-bond acceptors (Lipinski definition) is 3. The Morgan fingerprint density at radius 3 is 2.78 bits per heavy atom. The molecule has 5 nitrogen and oxygen atoms in total. The van der Waals surface area contributed by atoms with E-state index in [9.17, 15) is 9.18 Å². The van der Waals surface area contributed by atoms with E-state index in [4.69, 9.17) is 15.1 Å². The van der Waals surface area contributed by atoms with E-state index in [1.165, 1.54) is 12.1 Å². The number of nitriles is 1. The Morgan fingerprint density at radius 2 is 2.28 bits per heavy atom. The third-order valence-corrected chi connectivity index (χ3v) is 2.09. The standard InChI is InChI=1S/C12H13FN2O3/c1-12(2,15-11(16)17)7-18-10-4-3-8(6-14)5-9(10)13/h3-5,15H,7H2,1-2H3,(H,16,17). The van der Waals surface area contributed by atoms with E-state index >= 15 is 0 Å². The molecule has 0 bridgehead atoms. The van der Waals surface area contributed by atoms with Gasteiger partial charge in [0.2, 0.25) is 0 Å². The van der Waals surface area contributed by atoms with Gasteiger partial charge in [-0.25, -0.2) is 9.18 Å². The van der Waals surface area contributed by atoms with E-state index in [-0.39, 0.29) is 17.9 Å². The number of nitrogens with zero attached hydrogens (tertiary/aromatic N) is 1. The Hall–Kier alpha value is -2.29. The van der Waals surface area contributed by atoms with Crippen molar-refractivity contribution < 1.29 is 19.0 Å². The van der Waals surface area contributed by atoms with Gasteiger partial charge in [0.15, 0.2) is 11.6 Å². The monoisotopic (exact) mass is 252 g/mol. The highest BCUT2D eigenvalue weighted by molar-refractivity contribution is 5.65. The Bertz CT molecular complexity index is 495. The van der Waals surface area contributed by atoms with Crippen LogP contribution >= 0.6 is 0 Å². The average Bonchev–Trinajstić information content (AvgIpc) is 2.25. The molecule has 6 heteroatoms. The summed E-state index contributed by atoms with van der Waals surface area (Å²) in [5, 5.41) is 19.4. The minimum Gasteiger partial charge on any atom is -0.488 e. The first-order valence-corrected chi connectivity index (χ1v) is 5.17. The molecule has 0 unspecified atom stereocenters. The summed E-state index contributed by atoms with van der Waals surface area (Å²) in [6, 6.07) is 5.63. The fourth-order valence-electron chi connectivity index (χ4n) is 1.27. The van der Waals surface area contributed by atoms with Crippen molar-refractivity contribution in [2.45, 2.75) is 19.4 Å². The molecular weight excluding hydrogens is 239 g/mol. The lowest BCUT2D eigenvalue weighted by Crippen LogP contribution is -2.47. The van der Waals surface area contributed by atoms with E-state index in [1.807, 2.05) is 6.07 Å². The van der Waals surface area contributed by atoms with Gasteiger partial charge in [-0.2, -0.15) is 5.26 Å². The van der Waals surface area contributed by atoms with E-state index in [0.29, 0.717) is 0 Å². The molecule has 0 aromatic heterocycles. The lowest BCUT2D eigenvalue weighted by Gasteiger charge is -2.24. The predicted molar refractivity (Wildman–Crippen MR) is 61.8 cm³/mol. The SMILES string of the molecule is CC(C)(COc1ccc(C#N)cc1F)NC(=O)O. The molecule has 0 atom stereocenters. The highest BCUT2D eigenvalue weighted by atomic mass is 19.1. The van der Waals surface area contributed by atoms with Gasteiger partial charge in [0.05, 0.1) is 17.2 Å². The van der Waals surface area contributed by atoms with E-state index in [0.717, 1.165) is 6.07 Å². The summed E-state index contributed by atoms with van der Waals surface area (Å²) in [6.07, 6.45) is -1.18. The zero-order chi connectivity index (χ0) is 13.8. The van der Waals surface area contributed by atoms with Gasteiger partial charge in [0.25, 0.3) is 0 Å². The largest absolute Gasteiger partial charge is 0.488 e. The van der Waals surface area contributed by atoms with Crippen LogP contribution in [0.25, 0.3) is 0 Å². The molecule has 1 aromatic rings. The molecule has 0 aliphatic carbocycles. The third kappa shape index (κ3) is 3.94. The molecule has 1 rings (SSSR count). The van der Waals surface area contributed by atoms with Crippen molar-refractivity contribution >= 4 is 6.09 Å². The molecule has 96 valence electrons. The first kappa shape index (κ1) is 13.8. The number of ether oxygens (including phenoxy) is 1. The molecule has 2 N–H and O–H groups in total. The maximum Gasteiger partial charge on any atom is 0.405 e. The number of amides is 1. The minimum absolute atomic E-state index is 0.0192. The van der Waals surface area contributed by atoms with Gasteiger partial charge >= 0.3 is 6.09 Å². The number of nitrogens with one attached hydrogen (secondary N) is 1. The van der Waals surface area contributed by atoms with Crippen LogP contribution in [0.5, 0.6) is 5.75 Å². The highest BCUT2D eigenvalue weighted by Crippen LogP contribution is 2.19. The molecule has 0 aliphatic rings. The smallest absolute Gasteiger partial charge is 0.405 e. The van der Waals surface area contributed by atoms with Crippen molar-refractivity contribution in [3.05, 3.63) is 29.6 Å². The molecule has 0 aliphatic heterocycles. The fraction of sp³-hybridized carbons (Fsp3) is 0.333. The third-order valence-electron chi connectivity index (χ3n) is 2.09. The van der Waals surface area contributed by atoms with Crippen LogP contribution in [0.1, 0.15) is 19.4 Å². The summed E-state index contributed by atoms with van der Waals surface area (Å²) in [7, 11) is 0. The van der Waals surface area contributed by atoms with Crippen LogP contribution < -0.4 is 10.1 Å². The van der Waals surface area contributed by atoms with Crippen molar-refractivity contribution in [1.29, 1.82) is 5.26 Å². The van der Waals surface area contributed by atoms with E-state index in [1.54, 1.807) is 13.8 Å². The normalized spacial score (nSPS) is 10.6. The molecule has 1 amide bonds. The van der Waals surface area contributed by atoms with Crippen molar-refractivity contribution in [3.8, 4) is 11.8 Å². The van der Waals surface area contributed by atoms with Gasteiger partial charge in [-0.15, -0.1) is 0 Å². The van der Waals surface area contributed by atoms with Gasteiger partial charge in [-0.1, -0.05) is 0 Å². The Kier molecular flexibility index (Phi) is 4.10. The van der Waals surface area contributed by atoms with E-state index in [2.05, 4.69) is 5.32 Å². The van der Waals surface area contributed by atoms with Gasteiger partial charge in [-0.3, -0.25) is 0 Å². The molecule has 0 radical (unpaired) electrons. The topological polar surface area (TPSA) is 82.3 Å². The van der Waals surface area contributed by atoms with E-state index < -0.39 is 17.4 Å². The van der Waals surface area contributed by atoms with Crippen molar-refractivity contribution in [2.75, 3.05) is 6.61 Å². The molecule has 0 fully saturated rings. The van der Waals surface area contributed by atoms with Crippen LogP contribution in [0.2, 0.25) is 0 Å². The summed E-state index contributed by atoms with van der Waals surface area (Å²) in [6.45, 7) is 3.20. The van der Waals surface area contributed by atoms with Gasteiger partial charge in [0, 0.05) is 0 Å². The molecule has 18 heavy (non-hydrogen) atoms.